The van der Waals surface area contributed by atoms with Crippen molar-refractivity contribution in [2.75, 3.05) is 14.1 Å². The number of unbranched alkanes of at least 4 members (excludes halogenated alkanes) is 9. The van der Waals surface area contributed by atoms with E-state index in [1.807, 2.05) is 30.3 Å². The van der Waals surface area contributed by atoms with Gasteiger partial charge in [0, 0.05) is 6.42 Å². The Morgan fingerprint density at radius 2 is 1.29 bits per heavy atom. The molecule has 1 aromatic rings. The third-order valence-electron chi connectivity index (χ3n) is 5.12. The number of hydrogen-bond acceptors (Lipinski definition) is 1. The molecule has 24 heavy (non-hydrogen) atoms. The second-order valence-corrected chi connectivity index (χ2v) is 7.66. The Morgan fingerprint density at radius 3 is 1.83 bits per heavy atom. The van der Waals surface area contributed by atoms with Crippen LogP contribution in [0.5, 0.6) is 5.75 Å². The summed E-state index contributed by atoms with van der Waals surface area (Å²) in [6.07, 6.45) is 15.2. The zero-order valence-corrected chi connectivity index (χ0v) is 16.6. The normalized spacial score (nSPS) is 13.0. The minimum absolute atomic E-state index is 0.513. The third kappa shape index (κ3) is 9.32. The molecule has 2 heteroatoms. The SMILES string of the molecule is CCCCCCCCCCCCC(C)[N+](C)(C)Oc1ccccc1. The van der Waals surface area contributed by atoms with Gasteiger partial charge in [0.05, 0.1) is 0 Å². The molecule has 0 bridgehead atoms. The van der Waals surface area contributed by atoms with Crippen molar-refractivity contribution >= 4 is 0 Å². The summed E-state index contributed by atoms with van der Waals surface area (Å²) in [5.74, 6) is 0.956. The molecule has 0 N–H and O–H groups in total. The van der Waals surface area contributed by atoms with Crippen LogP contribution >= 0.6 is 0 Å². The Balaban J connectivity index is 2.07. The average molecular weight is 335 g/mol. The van der Waals surface area contributed by atoms with Crippen LogP contribution in [0.15, 0.2) is 30.3 Å². The molecule has 0 heterocycles. The lowest BCUT2D eigenvalue weighted by molar-refractivity contribution is -1.07. The van der Waals surface area contributed by atoms with E-state index >= 15 is 0 Å². The van der Waals surface area contributed by atoms with Crippen molar-refractivity contribution in [1.29, 1.82) is 0 Å². The molecule has 2 nitrogen and oxygen atoms in total. The van der Waals surface area contributed by atoms with Gasteiger partial charge in [-0.2, -0.15) is 0 Å². The zero-order chi connectivity index (χ0) is 17.7. The first-order valence-corrected chi connectivity index (χ1v) is 10.1. The number of nitrogens with zero attached hydrogens (tertiary/aromatic N) is 1. The van der Waals surface area contributed by atoms with E-state index in [1.165, 1.54) is 70.6 Å². The Kier molecular flexibility index (Phi) is 10.8. The predicted molar refractivity (Wildman–Crippen MR) is 105 cm³/mol. The molecule has 0 spiro atoms. The Bertz CT molecular complexity index is 402. The van der Waals surface area contributed by atoms with E-state index in [9.17, 15) is 0 Å². The summed E-state index contributed by atoms with van der Waals surface area (Å²) >= 11 is 0. The van der Waals surface area contributed by atoms with Crippen molar-refractivity contribution in [3.63, 3.8) is 0 Å². The molecule has 0 radical (unpaired) electrons. The number of hydroxylamine groups is 3. The monoisotopic (exact) mass is 334 g/mol. The van der Waals surface area contributed by atoms with Crippen LogP contribution in [0.3, 0.4) is 0 Å². The summed E-state index contributed by atoms with van der Waals surface area (Å²) in [6, 6.07) is 10.7. The van der Waals surface area contributed by atoms with Gasteiger partial charge in [0.15, 0.2) is 5.75 Å². The Morgan fingerprint density at radius 1 is 0.792 bits per heavy atom. The van der Waals surface area contributed by atoms with Crippen LogP contribution in [0.2, 0.25) is 0 Å². The topological polar surface area (TPSA) is 9.23 Å². The van der Waals surface area contributed by atoms with Crippen LogP contribution in [0.25, 0.3) is 0 Å². The van der Waals surface area contributed by atoms with Crippen molar-refractivity contribution < 1.29 is 9.48 Å². The number of para-hydroxylation sites is 1. The average Bonchev–Trinajstić information content (AvgIpc) is 2.57. The van der Waals surface area contributed by atoms with E-state index in [1.54, 1.807) is 0 Å². The molecule has 0 aromatic heterocycles. The van der Waals surface area contributed by atoms with E-state index < -0.39 is 0 Å². The molecule has 0 saturated carbocycles. The van der Waals surface area contributed by atoms with Crippen LogP contribution in [0.1, 0.15) is 84.5 Å². The maximum Gasteiger partial charge on any atom is 0.190 e. The maximum atomic E-state index is 6.14. The molecule has 1 aromatic carbocycles. The highest BCUT2D eigenvalue weighted by atomic mass is 16.7. The van der Waals surface area contributed by atoms with Gasteiger partial charge in [-0.1, -0.05) is 82.9 Å². The van der Waals surface area contributed by atoms with Gasteiger partial charge in [0.25, 0.3) is 0 Å². The van der Waals surface area contributed by atoms with Crippen molar-refractivity contribution in [3.05, 3.63) is 30.3 Å². The van der Waals surface area contributed by atoms with Crippen molar-refractivity contribution in [2.45, 2.75) is 90.5 Å². The standard InChI is InChI=1S/C22H40NO/c1-5-6-7-8-9-10-11-12-13-15-18-21(2)23(3,4)24-22-19-16-14-17-20-22/h14,16-17,19-21H,5-13,15,18H2,1-4H3/q+1. The van der Waals surface area contributed by atoms with E-state index in [4.69, 9.17) is 4.84 Å². The Hall–Kier alpha value is -1.02. The lowest BCUT2D eigenvalue weighted by Crippen LogP contribution is -2.50. The van der Waals surface area contributed by atoms with Gasteiger partial charge in [-0.3, -0.25) is 0 Å². The highest BCUT2D eigenvalue weighted by Crippen LogP contribution is 2.20. The van der Waals surface area contributed by atoms with Crippen molar-refractivity contribution in [3.8, 4) is 5.75 Å². The molecule has 0 saturated heterocycles. The van der Waals surface area contributed by atoms with Gasteiger partial charge in [0.2, 0.25) is 0 Å². The van der Waals surface area contributed by atoms with E-state index in [-0.39, 0.29) is 0 Å². The van der Waals surface area contributed by atoms with Crippen LogP contribution in [0.4, 0.5) is 0 Å². The molecule has 0 aliphatic rings. The van der Waals surface area contributed by atoms with E-state index in [0.29, 0.717) is 10.7 Å². The smallest absolute Gasteiger partial charge is 0.190 e. The second kappa shape index (κ2) is 12.4. The number of hydrogen-bond donors (Lipinski definition) is 0. The Labute approximate surface area is 150 Å². The summed E-state index contributed by atoms with van der Waals surface area (Å²) < 4.78 is 0.599. The quantitative estimate of drug-likeness (QED) is 0.207. The van der Waals surface area contributed by atoms with Gasteiger partial charge < -0.3 is 4.84 Å². The predicted octanol–water partition coefficient (Wildman–Crippen LogP) is 6.76. The second-order valence-electron chi connectivity index (χ2n) is 7.66. The maximum absolute atomic E-state index is 6.14. The molecule has 0 aliphatic carbocycles. The van der Waals surface area contributed by atoms with Crippen molar-refractivity contribution in [2.24, 2.45) is 0 Å². The number of rotatable bonds is 14. The summed E-state index contributed by atoms with van der Waals surface area (Å²) in [7, 11) is 4.32. The fraction of sp³-hybridized carbons (Fsp3) is 0.727. The van der Waals surface area contributed by atoms with Gasteiger partial charge in [-0.25, -0.2) is 0 Å². The van der Waals surface area contributed by atoms with Crippen LogP contribution in [-0.2, 0) is 0 Å². The van der Waals surface area contributed by atoms with E-state index in [0.717, 1.165) is 5.75 Å². The zero-order valence-electron chi connectivity index (χ0n) is 16.6. The number of quaternary nitrogens is 1. The van der Waals surface area contributed by atoms with Crippen LogP contribution in [-0.4, -0.2) is 24.8 Å². The number of benzene rings is 1. The first kappa shape index (κ1) is 21.0. The lowest BCUT2D eigenvalue weighted by atomic mass is 10.0. The molecule has 0 fully saturated rings. The minimum atomic E-state index is 0.513. The minimum Gasteiger partial charge on any atom is -0.316 e. The molecule has 1 unspecified atom stereocenters. The third-order valence-corrected chi connectivity index (χ3v) is 5.12. The largest absolute Gasteiger partial charge is 0.316 e. The summed E-state index contributed by atoms with van der Waals surface area (Å²) in [6.45, 7) is 4.59. The molecule has 1 rings (SSSR count). The van der Waals surface area contributed by atoms with Gasteiger partial charge in [-0.15, -0.1) is 4.65 Å². The van der Waals surface area contributed by atoms with Crippen LogP contribution in [0, 0.1) is 0 Å². The molecule has 138 valence electrons. The summed E-state index contributed by atoms with van der Waals surface area (Å²) in [4.78, 5) is 6.14. The molecular weight excluding hydrogens is 294 g/mol. The molecule has 1 atom stereocenters. The van der Waals surface area contributed by atoms with Gasteiger partial charge in [-0.05, 0) is 25.5 Å². The summed E-state index contributed by atoms with van der Waals surface area (Å²) in [5, 5.41) is 0. The van der Waals surface area contributed by atoms with Crippen molar-refractivity contribution in [1.82, 2.24) is 0 Å². The summed E-state index contributed by atoms with van der Waals surface area (Å²) in [5.41, 5.74) is 0. The molecule has 0 amide bonds. The first-order chi connectivity index (χ1) is 11.6. The lowest BCUT2D eigenvalue weighted by Gasteiger charge is -2.33. The van der Waals surface area contributed by atoms with Crippen LogP contribution < -0.4 is 4.84 Å². The van der Waals surface area contributed by atoms with Gasteiger partial charge in [0.1, 0.15) is 20.1 Å². The molecule has 0 aliphatic heterocycles. The fourth-order valence-electron chi connectivity index (χ4n) is 3.08. The first-order valence-electron chi connectivity index (χ1n) is 10.1. The highest BCUT2D eigenvalue weighted by molar-refractivity contribution is 5.20. The highest BCUT2D eigenvalue weighted by Gasteiger charge is 2.26. The fourth-order valence-corrected chi connectivity index (χ4v) is 3.08. The van der Waals surface area contributed by atoms with E-state index in [2.05, 4.69) is 27.9 Å². The van der Waals surface area contributed by atoms with Gasteiger partial charge >= 0.3 is 0 Å². The molecular formula is C22H40NO+.